The van der Waals surface area contributed by atoms with Crippen molar-refractivity contribution < 1.29 is 20.2 Å². The fraction of sp³-hybridized carbons (Fsp3) is 0.727. The maximum Gasteiger partial charge on any atom is 0.269 e. The van der Waals surface area contributed by atoms with Crippen LogP contribution in [0.4, 0.5) is 0 Å². The number of rotatable bonds is 10. The van der Waals surface area contributed by atoms with Gasteiger partial charge in [0.2, 0.25) is 0 Å². The molecule has 6 heteroatoms. The monoisotopic (exact) mass is 246 g/mol. The van der Waals surface area contributed by atoms with E-state index in [0.29, 0.717) is 6.54 Å². The van der Waals surface area contributed by atoms with Crippen LogP contribution in [-0.2, 0) is 4.79 Å². The summed E-state index contributed by atoms with van der Waals surface area (Å²) in [6.45, 7) is 7.27. The molecule has 0 aliphatic heterocycles. The molecule has 0 saturated heterocycles. The zero-order chi connectivity index (χ0) is 13.1. The molecule has 0 heterocycles. The molecule has 0 aliphatic carbocycles. The third-order valence-electron chi connectivity index (χ3n) is 2.36. The smallest absolute Gasteiger partial charge is 0.269 e. The van der Waals surface area contributed by atoms with Crippen molar-refractivity contribution in [3.63, 3.8) is 0 Å². The topological polar surface area (TPSA) is 82.4 Å². The third-order valence-corrected chi connectivity index (χ3v) is 2.36. The van der Waals surface area contributed by atoms with Gasteiger partial charge in [-0.1, -0.05) is 6.58 Å². The number of carbonyl (C=O) groups is 1. The molecule has 0 saturated carbocycles. The van der Waals surface area contributed by atoms with Gasteiger partial charge in [-0.2, -0.15) is 0 Å². The molecule has 0 unspecified atom stereocenters. The minimum absolute atomic E-state index is 0.0251. The molecule has 0 aromatic heterocycles. The first-order chi connectivity index (χ1) is 8.07. The molecule has 1 amide bonds. The molecule has 0 bridgehead atoms. The van der Waals surface area contributed by atoms with Crippen LogP contribution >= 0.6 is 0 Å². The van der Waals surface area contributed by atoms with Crippen LogP contribution in [0.3, 0.4) is 0 Å². The van der Waals surface area contributed by atoms with Crippen LogP contribution in [0, 0.1) is 0 Å². The van der Waals surface area contributed by atoms with E-state index in [0.717, 1.165) is 19.5 Å². The Labute approximate surface area is 103 Å². The normalized spacial score (nSPS) is 10.4. The molecule has 0 atom stereocenters. The van der Waals surface area contributed by atoms with Gasteiger partial charge in [-0.3, -0.25) is 15.5 Å². The van der Waals surface area contributed by atoms with Gasteiger partial charge in [0.15, 0.2) is 0 Å². The Balaban J connectivity index is 3.24. The molecule has 0 aromatic rings. The van der Waals surface area contributed by atoms with Gasteiger partial charge in [-0.05, 0) is 0 Å². The molecule has 100 valence electrons. The second-order valence-electron chi connectivity index (χ2n) is 4.38. The summed E-state index contributed by atoms with van der Waals surface area (Å²) in [5.74, 6) is -0.358. The van der Waals surface area contributed by atoms with Gasteiger partial charge in [0, 0.05) is 19.4 Å². The van der Waals surface area contributed by atoms with E-state index < -0.39 is 0 Å². The molecule has 0 aliphatic rings. The number of nitrogens with two attached hydrogens (primary N) is 1. The first-order valence-electron chi connectivity index (χ1n) is 6.05. The highest BCUT2D eigenvalue weighted by Gasteiger charge is 2.03. The average molecular weight is 246 g/mol. The minimum atomic E-state index is -0.358. The van der Waals surface area contributed by atoms with Gasteiger partial charge in [0.1, 0.15) is 5.70 Å². The average Bonchev–Trinajstić information content (AvgIpc) is 2.30. The van der Waals surface area contributed by atoms with Crippen molar-refractivity contribution >= 4 is 5.91 Å². The molecule has 6 N–H and O–H groups in total. The third kappa shape index (κ3) is 9.80. The Hall–Kier alpha value is -1.11. The van der Waals surface area contributed by atoms with E-state index in [1.54, 1.807) is 5.48 Å². The fourth-order valence-electron chi connectivity index (χ4n) is 1.35. The summed E-state index contributed by atoms with van der Waals surface area (Å²) in [6.07, 6.45) is 2.12. The quantitative estimate of drug-likeness (QED) is 0.163. The van der Waals surface area contributed by atoms with Crippen molar-refractivity contribution in [3.05, 3.63) is 12.3 Å². The van der Waals surface area contributed by atoms with Crippen molar-refractivity contribution in [2.75, 3.05) is 40.3 Å². The van der Waals surface area contributed by atoms with Gasteiger partial charge in [-0.15, -0.1) is 0 Å². The molecule has 0 spiro atoms. The van der Waals surface area contributed by atoms with Crippen LogP contribution in [0.25, 0.3) is 0 Å². The molecular weight excluding hydrogens is 220 g/mol. The Morgan fingerprint density at radius 3 is 2.59 bits per heavy atom. The Morgan fingerprint density at radius 2 is 2.00 bits per heavy atom. The number of hydrogen-bond acceptors (Lipinski definition) is 3. The highest BCUT2D eigenvalue weighted by Crippen LogP contribution is 1.81. The predicted molar refractivity (Wildman–Crippen MR) is 65.6 cm³/mol. The second-order valence-corrected chi connectivity index (χ2v) is 4.38. The first kappa shape index (κ1) is 15.9. The maximum atomic E-state index is 11.1. The lowest BCUT2D eigenvalue weighted by atomic mass is 10.3. The molecule has 0 aromatic carbocycles. The maximum absolute atomic E-state index is 11.1. The summed E-state index contributed by atoms with van der Waals surface area (Å²) < 4.78 is 0. The van der Waals surface area contributed by atoms with E-state index in [1.807, 2.05) is 0 Å². The van der Waals surface area contributed by atoms with E-state index in [1.165, 1.54) is 17.9 Å². The lowest BCUT2D eigenvalue weighted by molar-refractivity contribution is -0.860. The predicted octanol–water partition coefficient (Wildman–Crippen LogP) is -2.92. The van der Waals surface area contributed by atoms with Crippen molar-refractivity contribution in [1.29, 1.82) is 0 Å². The number of hydrogen-bond donors (Lipinski definition) is 5. The zero-order valence-electron chi connectivity index (χ0n) is 10.9. The Kier molecular flexibility index (Phi) is 9.41. The Bertz CT molecular complexity index is 232. The van der Waals surface area contributed by atoms with Gasteiger partial charge >= 0.3 is 0 Å². The van der Waals surface area contributed by atoms with Crippen LogP contribution in [0.2, 0.25) is 0 Å². The number of hydroxylamine groups is 1. The summed E-state index contributed by atoms with van der Waals surface area (Å²) in [6, 6.07) is 0. The molecule has 0 radical (unpaired) electrons. The first-order valence-corrected chi connectivity index (χ1v) is 6.05. The van der Waals surface area contributed by atoms with Crippen molar-refractivity contribution in [1.82, 2.24) is 10.8 Å². The molecule has 0 rings (SSSR count). The van der Waals surface area contributed by atoms with E-state index >= 15 is 0 Å². The molecule has 6 nitrogen and oxygen atoms in total. The molecule has 0 fully saturated rings. The van der Waals surface area contributed by atoms with Crippen molar-refractivity contribution in [2.45, 2.75) is 12.8 Å². The second kappa shape index (κ2) is 10.1. The highest BCUT2D eigenvalue weighted by molar-refractivity contribution is 5.91. The summed E-state index contributed by atoms with van der Waals surface area (Å²) >= 11 is 0. The van der Waals surface area contributed by atoms with Gasteiger partial charge in [0.25, 0.3) is 5.91 Å². The summed E-state index contributed by atoms with van der Waals surface area (Å²) in [7, 11) is 4.30. The lowest BCUT2D eigenvalue weighted by Gasteiger charge is -2.07. The largest absolute Gasteiger partial charge is 0.351 e. The zero-order valence-corrected chi connectivity index (χ0v) is 10.9. The molecule has 17 heavy (non-hydrogen) atoms. The van der Waals surface area contributed by atoms with Crippen LogP contribution in [0.1, 0.15) is 12.8 Å². The van der Waals surface area contributed by atoms with Gasteiger partial charge < -0.3 is 15.5 Å². The summed E-state index contributed by atoms with van der Waals surface area (Å²) in [4.78, 5) is 12.6. The van der Waals surface area contributed by atoms with Crippen LogP contribution in [-0.4, -0.2) is 51.4 Å². The van der Waals surface area contributed by atoms with Gasteiger partial charge in [0.05, 0.1) is 33.7 Å². The van der Waals surface area contributed by atoms with Crippen molar-refractivity contribution in [3.8, 4) is 0 Å². The Morgan fingerprint density at radius 1 is 1.35 bits per heavy atom. The standard InChI is InChI=1S/C11H24N4O2/c1-10(14-17)11(16)13-8-4-6-12-7-5-9-15(2)3/h12,14,17H,1,4-9H2,2-3H3,(H,13,16)/p+2. The lowest BCUT2D eigenvalue weighted by Crippen LogP contribution is -3.06. The number of quaternary nitrogens is 2. The van der Waals surface area contributed by atoms with E-state index in [4.69, 9.17) is 5.21 Å². The van der Waals surface area contributed by atoms with Crippen molar-refractivity contribution in [2.24, 2.45) is 0 Å². The number of carbonyl (C=O) groups excluding carboxylic acids is 1. The van der Waals surface area contributed by atoms with E-state index in [-0.39, 0.29) is 11.6 Å². The van der Waals surface area contributed by atoms with E-state index in [9.17, 15) is 4.79 Å². The SMILES string of the molecule is C=C(NO)C(=O)NCCC[NH2+]CCC[NH+](C)C. The minimum Gasteiger partial charge on any atom is -0.351 e. The highest BCUT2D eigenvalue weighted by atomic mass is 16.5. The summed E-state index contributed by atoms with van der Waals surface area (Å²) in [5, 5.41) is 13.3. The van der Waals surface area contributed by atoms with Gasteiger partial charge in [-0.25, -0.2) is 0 Å². The fourth-order valence-corrected chi connectivity index (χ4v) is 1.35. The van der Waals surface area contributed by atoms with Crippen LogP contribution < -0.4 is 21.0 Å². The van der Waals surface area contributed by atoms with Crippen LogP contribution in [0.5, 0.6) is 0 Å². The van der Waals surface area contributed by atoms with E-state index in [2.05, 4.69) is 31.3 Å². The number of nitrogens with one attached hydrogen (secondary N) is 3. The molecular formula is C11H26N4O2+2. The summed E-state index contributed by atoms with van der Waals surface area (Å²) in [5.41, 5.74) is 1.70. The van der Waals surface area contributed by atoms with Crippen LogP contribution in [0.15, 0.2) is 12.3 Å². The number of amides is 1.